The van der Waals surface area contributed by atoms with Crippen molar-refractivity contribution in [2.75, 3.05) is 6.54 Å². The van der Waals surface area contributed by atoms with Crippen LogP contribution in [0.1, 0.15) is 19.4 Å². The molecule has 0 spiro atoms. The number of benzene rings is 1. The van der Waals surface area contributed by atoms with Gasteiger partial charge in [0.15, 0.2) is 16.4 Å². The summed E-state index contributed by atoms with van der Waals surface area (Å²) in [5.74, 6) is 0.215. The van der Waals surface area contributed by atoms with Crippen LogP contribution >= 0.6 is 12.2 Å². The monoisotopic (exact) mass is 332 g/mol. The minimum Gasteiger partial charge on any atom is -0.347 e. The molecule has 1 heterocycles. The van der Waals surface area contributed by atoms with E-state index >= 15 is 0 Å². The number of hydrogen-bond acceptors (Lipinski definition) is 4. The molecule has 0 aliphatic rings. The Labute approximate surface area is 139 Å². The van der Waals surface area contributed by atoms with Crippen LogP contribution in [0.15, 0.2) is 24.3 Å². The van der Waals surface area contributed by atoms with Crippen molar-refractivity contribution in [2.45, 2.75) is 27.3 Å². The lowest BCUT2D eigenvalue weighted by Crippen LogP contribution is -2.34. The summed E-state index contributed by atoms with van der Waals surface area (Å²) in [6.07, 6.45) is 0. The Morgan fingerprint density at radius 2 is 1.96 bits per heavy atom. The highest BCUT2D eigenvalue weighted by atomic mass is 32.1. The summed E-state index contributed by atoms with van der Waals surface area (Å²) in [7, 11) is 0. The number of nitrogens with zero attached hydrogens (tertiary/aromatic N) is 2. The summed E-state index contributed by atoms with van der Waals surface area (Å²) in [5, 5.41) is 9.52. The van der Waals surface area contributed by atoms with Crippen LogP contribution in [0, 0.1) is 17.6 Å². The second-order valence-electron chi connectivity index (χ2n) is 5.70. The molecular formula is C16H20N4O2S. The Morgan fingerprint density at radius 3 is 2.57 bits per heavy atom. The number of ketones is 1. The van der Waals surface area contributed by atoms with E-state index in [1.165, 1.54) is 0 Å². The first kappa shape index (κ1) is 17.1. The van der Waals surface area contributed by atoms with E-state index in [1.807, 2.05) is 31.2 Å². The van der Waals surface area contributed by atoms with Crippen molar-refractivity contribution in [2.24, 2.45) is 5.92 Å². The van der Waals surface area contributed by atoms with Crippen LogP contribution in [-0.4, -0.2) is 33.0 Å². The number of aromatic nitrogens is 3. The van der Waals surface area contributed by atoms with Crippen LogP contribution in [0.5, 0.6) is 0 Å². The van der Waals surface area contributed by atoms with Gasteiger partial charge in [-0.15, -0.1) is 0 Å². The predicted octanol–water partition coefficient (Wildman–Crippen LogP) is 2.26. The van der Waals surface area contributed by atoms with E-state index in [0.29, 0.717) is 10.6 Å². The summed E-state index contributed by atoms with van der Waals surface area (Å²) in [5.41, 5.74) is 2.01. The minimum absolute atomic E-state index is 0.00658. The van der Waals surface area contributed by atoms with Crippen LogP contribution in [0.25, 0.3) is 11.4 Å². The fourth-order valence-electron chi connectivity index (χ4n) is 1.98. The predicted molar refractivity (Wildman–Crippen MR) is 90.4 cm³/mol. The first-order chi connectivity index (χ1) is 10.9. The molecule has 1 amide bonds. The standard InChI is InChI=1S/C16H20N4O2S/c1-10(2)13(21)8-17-14(22)9-20-15(18-19-16(20)23)12-6-4-11(3)5-7-12/h4-7,10H,8-9H2,1-3H3,(H,17,22)(H,19,23). The number of aryl methyl sites for hydroxylation is 1. The molecule has 6 nitrogen and oxygen atoms in total. The number of amides is 1. The zero-order valence-corrected chi connectivity index (χ0v) is 14.2. The molecule has 23 heavy (non-hydrogen) atoms. The normalized spacial score (nSPS) is 10.8. The van der Waals surface area contributed by atoms with Crippen LogP contribution in [0.4, 0.5) is 0 Å². The van der Waals surface area contributed by atoms with E-state index in [2.05, 4.69) is 15.5 Å². The Hall–Kier alpha value is -2.28. The van der Waals surface area contributed by atoms with Gasteiger partial charge < -0.3 is 5.32 Å². The maximum Gasteiger partial charge on any atom is 0.240 e. The van der Waals surface area contributed by atoms with Crippen LogP contribution < -0.4 is 5.32 Å². The molecule has 1 aromatic carbocycles. The van der Waals surface area contributed by atoms with Gasteiger partial charge in [-0.2, -0.15) is 5.10 Å². The molecular weight excluding hydrogens is 312 g/mol. The van der Waals surface area contributed by atoms with Crippen molar-refractivity contribution in [3.63, 3.8) is 0 Å². The molecule has 0 atom stereocenters. The third-order valence-corrected chi connectivity index (χ3v) is 3.79. The van der Waals surface area contributed by atoms with Gasteiger partial charge in [0.1, 0.15) is 6.54 Å². The summed E-state index contributed by atoms with van der Waals surface area (Å²) >= 11 is 5.19. The van der Waals surface area contributed by atoms with Crippen molar-refractivity contribution in [3.8, 4) is 11.4 Å². The molecule has 0 saturated carbocycles. The van der Waals surface area contributed by atoms with Gasteiger partial charge in [-0.25, -0.2) is 0 Å². The van der Waals surface area contributed by atoms with E-state index in [0.717, 1.165) is 11.1 Å². The number of H-pyrrole nitrogens is 1. The Morgan fingerprint density at radius 1 is 1.30 bits per heavy atom. The Kier molecular flexibility index (Phi) is 5.44. The first-order valence-electron chi connectivity index (χ1n) is 7.40. The zero-order valence-electron chi connectivity index (χ0n) is 13.4. The van der Waals surface area contributed by atoms with Gasteiger partial charge in [0.05, 0.1) is 6.54 Å². The smallest absolute Gasteiger partial charge is 0.240 e. The second kappa shape index (κ2) is 7.32. The summed E-state index contributed by atoms with van der Waals surface area (Å²) < 4.78 is 1.99. The molecule has 2 N–H and O–H groups in total. The van der Waals surface area contributed by atoms with Gasteiger partial charge in [-0.05, 0) is 19.1 Å². The lowest BCUT2D eigenvalue weighted by Gasteiger charge is -2.09. The van der Waals surface area contributed by atoms with Gasteiger partial charge >= 0.3 is 0 Å². The number of carbonyl (C=O) groups excluding carboxylic acids is 2. The average Bonchev–Trinajstić information content (AvgIpc) is 2.86. The van der Waals surface area contributed by atoms with E-state index < -0.39 is 0 Å². The van der Waals surface area contributed by atoms with Crippen LogP contribution in [0.3, 0.4) is 0 Å². The zero-order chi connectivity index (χ0) is 17.0. The molecule has 0 radical (unpaired) electrons. The number of carbonyl (C=O) groups is 2. The number of hydrogen-bond donors (Lipinski definition) is 2. The van der Waals surface area contributed by atoms with E-state index in [-0.39, 0.29) is 30.7 Å². The van der Waals surface area contributed by atoms with Crippen molar-refractivity contribution >= 4 is 23.9 Å². The van der Waals surface area contributed by atoms with E-state index in [4.69, 9.17) is 12.2 Å². The quantitative estimate of drug-likeness (QED) is 0.795. The van der Waals surface area contributed by atoms with Gasteiger partial charge in [0.25, 0.3) is 0 Å². The first-order valence-corrected chi connectivity index (χ1v) is 7.81. The highest BCUT2D eigenvalue weighted by Gasteiger charge is 2.14. The van der Waals surface area contributed by atoms with Gasteiger partial charge in [0, 0.05) is 11.5 Å². The summed E-state index contributed by atoms with van der Waals surface area (Å²) in [6, 6.07) is 7.80. The highest BCUT2D eigenvalue weighted by Crippen LogP contribution is 2.17. The summed E-state index contributed by atoms with van der Waals surface area (Å²) in [4.78, 5) is 23.6. The average molecular weight is 332 g/mol. The Bertz CT molecular complexity index is 759. The third kappa shape index (κ3) is 4.35. The largest absolute Gasteiger partial charge is 0.347 e. The molecule has 0 bridgehead atoms. The van der Waals surface area contributed by atoms with Crippen LogP contribution in [-0.2, 0) is 16.1 Å². The van der Waals surface area contributed by atoms with Crippen molar-refractivity contribution in [1.82, 2.24) is 20.1 Å². The molecule has 0 unspecified atom stereocenters. The Balaban J connectivity index is 2.13. The SMILES string of the molecule is Cc1ccc(-c2n[nH]c(=S)n2CC(=O)NCC(=O)C(C)C)cc1. The second-order valence-corrected chi connectivity index (χ2v) is 6.09. The van der Waals surface area contributed by atoms with Crippen molar-refractivity contribution in [3.05, 3.63) is 34.6 Å². The molecule has 1 aromatic heterocycles. The van der Waals surface area contributed by atoms with Gasteiger partial charge in [0.2, 0.25) is 5.91 Å². The highest BCUT2D eigenvalue weighted by molar-refractivity contribution is 7.71. The maximum atomic E-state index is 12.1. The molecule has 0 fully saturated rings. The molecule has 2 rings (SSSR count). The molecule has 0 saturated heterocycles. The molecule has 122 valence electrons. The topological polar surface area (TPSA) is 79.8 Å². The number of aromatic amines is 1. The minimum atomic E-state index is -0.273. The third-order valence-electron chi connectivity index (χ3n) is 3.47. The fraction of sp³-hybridized carbons (Fsp3) is 0.375. The molecule has 2 aromatic rings. The lowest BCUT2D eigenvalue weighted by atomic mass is 10.1. The molecule has 0 aliphatic heterocycles. The summed E-state index contributed by atoms with van der Waals surface area (Å²) in [6.45, 7) is 5.65. The van der Waals surface area contributed by atoms with Crippen molar-refractivity contribution in [1.29, 1.82) is 0 Å². The molecule has 7 heteroatoms. The number of Topliss-reactive ketones (excluding diaryl/α,β-unsaturated/α-hetero) is 1. The number of nitrogens with one attached hydrogen (secondary N) is 2. The maximum absolute atomic E-state index is 12.1. The van der Waals surface area contributed by atoms with E-state index in [1.54, 1.807) is 18.4 Å². The van der Waals surface area contributed by atoms with Crippen molar-refractivity contribution < 1.29 is 9.59 Å². The molecule has 0 aliphatic carbocycles. The van der Waals surface area contributed by atoms with E-state index in [9.17, 15) is 9.59 Å². The van der Waals surface area contributed by atoms with Gasteiger partial charge in [-0.3, -0.25) is 19.3 Å². The number of rotatable bonds is 6. The van der Waals surface area contributed by atoms with Crippen LogP contribution in [0.2, 0.25) is 0 Å². The fourth-order valence-corrected chi connectivity index (χ4v) is 2.17. The lowest BCUT2D eigenvalue weighted by molar-refractivity contribution is -0.126. The van der Waals surface area contributed by atoms with Gasteiger partial charge in [-0.1, -0.05) is 43.7 Å².